The number of hydrogen-bond acceptors (Lipinski definition) is 4. The Labute approximate surface area is 127 Å². The Morgan fingerprint density at radius 3 is 2.95 bits per heavy atom. The molecular weight excluding hydrogens is 286 g/mol. The molecule has 0 bridgehead atoms. The van der Waals surface area contributed by atoms with E-state index in [1.54, 1.807) is 0 Å². The van der Waals surface area contributed by atoms with Crippen LogP contribution in [0.4, 0.5) is 4.79 Å². The number of alkyl carbamates (subject to hydrolysis) is 1. The number of hydrogen-bond donors (Lipinski definition) is 2. The zero-order chi connectivity index (χ0) is 16.1. The molecule has 0 saturated carbocycles. The highest BCUT2D eigenvalue weighted by Crippen LogP contribution is 2.25. The highest BCUT2D eigenvalue weighted by molar-refractivity contribution is 5.85. The van der Waals surface area contributed by atoms with Crippen LogP contribution in [0.2, 0.25) is 0 Å². The van der Waals surface area contributed by atoms with Gasteiger partial charge in [0.15, 0.2) is 0 Å². The van der Waals surface area contributed by atoms with E-state index in [1.165, 1.54) is 12.3 Å². The summed E-state index contributed by atoms with van der Waals surface area (Å²) in [4.78, 5) is 22.8. The lowest BCUT2D eigenvalue weighted by Gasteiger charge is -2.13. The Balaban J connectivity index is 2.16. The van der Waals surface area contributed by atoms with Gasteiger partial charge in [0.2, 0.25) is 0 Å². The fourth-order valence-electron chi connectivity index (χ4n) is 2.15. The lowest BCUT2D eigenvalue weighted by molar-refractivity contribution is -0.139. The number of aliphatic carboxylic acids is 1. The average molecular weight is 303 g/mol. The van der Waals surface area contributed by atoms with Gasteiger partial charge in [0, 0.05) is 17.4 Å². The number of fused-ring (bicyclic) bond motifs is 1. The summed E-state index contributed by atoms with van der Waals surface area (Å²) in [7, 11) is 0. The molecule has 0 aliphatic carbocycles. The van der Waals surface area contributed by atoms with Crippen molar-refractivity contribution >= 4 is 23.0 Å². The Bertz CT molecular complexity index is 704. The molecule has 116 valence electrons. The van der Waals surface area contributed by atoms with E-state index in [0.29, 0.717) is 0 Å². The average Bonchev–Trinajstić information content (AvgIpc) is 2.89. The van der Waals surface area contributed by atoms with Crippen LogP contribution in [0.5, 0.6) is 0 Å². The number of carboxylic acids is 1. The first-order valence-electron chi connectivity index (χ1n) is 6.75. The summed E-state index contributed by atoms with van der Waals surface area (Å²) in [6, 6.07) is 4.54. The molecular formula is C16H17NO5. The third-order valence-electron chi connectivity index (χ3n) is 3.22. The first kappa shape index (κ1) is 15.6. The molecule has 0 radical (unpaired) electrons. The minimum absolute atomic E-state index is 0.0198. The third-order valence-corrected chi connectivity index (χ3v) is 3.22. The van der Waals surface area contributed by atoms with Gasteiger partial charge in [-0.1, -0.05) is 30.9 Å². The van der Waals surface area contributed by atoms with E-state index in [4.69, 9.17) is 9.15 Å². The molecule has 0 aliphatic heterocycles. The summed E-state index contributed by atoms with van der Waals surface area (Å²) in [5.41, 5.74) is 2.40. The molecule has 2 rings (SSSR count). The van der Waals surface area contributed by atoms with Gasteiger partial charge in [0.05, 0.1) is 6.26 Å². The fourth-order valence-corrected chi connectivity index (χ4v) is 2.15. The molecule has 1 heterocycles. The second kappa shape index (κ2) is 6.80. The van der Waals surface area contributed by atoms with Crippen LogP contribution in [-0.4, -0.2) is 29.8 Å². The van der Waals surface area contributed by atoms with Gasteiger partial charge in [0.25, 0.3) is 0 Å². The third kappa shape index (κ3) is 3.46. The van der Waals surface area contributed by atoms with E-state index in [-0.39, 0.29) is 13.0 Å². The number of benzene rings is 1. The highest BCUT2D eigenvalue weighted by atomic mass is 16.5. The molecule has 1 amide bonds. The quantitative estimate of drug-likeness (QED) is 0.801. The molecule has 6 heteroatoms. The first-order valence-corrected chi connectivity index (χ1v) is 6.75. The minimum atomic E-state index is -1.14. The van der Waals surface area contributed by atoms with E-state index < -0.39 is 18.1 Å². The van der Waals surface area contributed by atoms with Crippen LogP contribution in [0.15, 0.2) is 41.5 Å². The largest absolute Gasteiger partial charge is 0.480 e. The molecule has 1 aromatic carbocycles. The topological polar surface area (TPSA) is 88.8 Å². The zero-order valence-corrected chi connectivity index (χ0v) is 12.2. The number of amides is 1. The number of para-hydroxylation sites is 1. The van der Waals surface area contributed by atoms with Crippen molar-refractivity contribution in [2.75, 3.05) is 6.61 Å². The van der Waals surface area contributed by atoms with E-state index in [2.05, 4.69) is 11.9 Å². The van der Waals surface area contributed by atoms with Crippen LogP contribution in [-0.2, 0) is 16.0 Å². The van der Waals surface area contributed by atoms with E-state index in [0.717, 1.165) is 22.1 Å². The Kier molecular flexibility index (Phi) is 4.83. The summed E-state index contributed by atoms with van der Waals surface area (Å²) in [5, 5.41) is 12.4. The second-order valence-electron chi connectivity index (χ2n) is 4.84. The molecule has 0 fully saturated rings. The maximum atomic E-state index is 11.5. The molecule has 1 atom stereocenters. The monoisotopic (exact) mass is 303 g/mol. The SMILES string of the molecule is C=CCOC(=O)NC(Cc1coc2c(C)cccc12)C(=O)O. The summed E-state index contributed by atoms with van der Waals surface area (Å²) in [6.45, 7) is 5.35. The van der Waals surface area contributed by atoms with Crippen LogP contribution in [0.3, 0.4) is 0 Å². The van der Waals surface area contributed by atoms with Crippen molar-refractivity contribution in [2.45, 2.75) is 19.4 Å². The molecule has 1 unspecified atom stereocenters. The van der Waals surface area contributed by atoms with Crippen molar-refractivity contribution in [1.29, 1.82) is 0 Å². The Morgan fingerprint density at radius 2 is 2.27 bits per heavy atom. The Morgan fingerprint density at radius 1 is 1.50 bits per heavy atom. The lowest BCUT2D eigenvalue weighted by Crippen LogP contribution is -2.42. The maximum absolute atomic E-state index is 11.5. The number of furan rings is 1. The number of carboxylic acid groups (broad SMARTS) is 1. The summed E-state index contributed by atoms with van der Waals surface area (Å²) >= 11 is 0. The molecule has 22 heavy (non-hydrogen) atoms. The summed E-state index contributed by atoms with van der Waals surface area (Å²) in [5.74, 6) is -1.14. The van der Waals surface area contributed by atoms with Gasteiger partial charge in [0.1, 0.15) is 18.2 Å². The number of carbonyl (C=O) groups is 2. The Hall–Kier alpha value is -2.76. The van der Waals surface area contributed by atoms with Gasteiger partial charge in [-0.2, -0.15) is 0 Å². The van der Waals surface area contributed by atoms with E-state index in [9.17, 15) is 14.7 Å². The normalized spacial score (nSPS) is 11.9. The van der Waals surface area contributed by atoms with Crippen molar-refractivity contribution in [3.8, 4) is 0 Å². The van der Waals surface area contributed by atoms with Crippen LogP contribution >= 0.6 is 0 Å². The molecule has 0 saturated heterocycles. The highest BCUT2D eigenvalue weighted by Gasteiger charge is 2.23. The van der Waals surface area contributed by atoms with E-state index >= 15 is 0 Å². The number of carbonyl (C=O) groups excluding carboxylic acids is 1. The predicted octanol–water partition coefficient (Wildman–Crippen LogP) is 2.65. The van der Waals surface area contributed by atoms with Crippen LogP contribution in [0, 0.1) is 6.92 Å². The molecule has 2 N–H and O–H groups in total. The summed E-state index contributed by atoms with van der Waals surface area (Å²) < 4.78 is 10.2. The van der Waals surface area contributed by atoms with Gasteiger partial charge >= 0.3 is 12.1 Å². The lowest BCUT2D eigenvalue weighted by atomic mass is 10.0. The van der Waals surface area contributed by atoms with Crippen molar-refractivity contribution < 1.29 is 23.8 Å². The van der Waals surface area contributed by atoms with Gasteiger partial charge in [-0.3, -0.25) is 0 Å². The molecule has 6 nitrogen and oxygen atoms in total. The van der Waals surface area contributed by atoms with E-state index in [1.807, 2.05) is 25.1 Å². The standard InChI is InChI=1S/C16H17NO5/c1-3-7-21-16(20)17-13(15(18)19)8-11-9-22-14-10(2)5-4-6-12(11)14/h3-6,9,13H,1,7-8H2,2H3,(H,17,20)(H,18,19). The second-order valence-corrected chi connectivity index (χ2v) is 4.84. The minimum Gasteiger partial charge on any atom is -0.480 e. The fraction of sp³-hybridized carbons (Fsp3) is 0.250. The van der Waals surface area contributed by atoms with Crippen molar-refractivity contribution in [1.82, 2.24) is 5.32 Å². The predicted molar refractivity (Wildman–Crippen MR) is 80.8 cm³/mol. The molecule has 1 aromatic heterocycles. The number of rotatable bonds is 6. The smallest absolute Gasteiger partial charge is 0.408 e. The van der Waals surface area contributed by atoms with Gasteiger partial charge in [-0.05, 0) is 12.5 Å². The number of aryl methyl sites for hydroxylation is 1. The first-order chi connectivity index (χ1) is 10.5. The van der Waals surface area contributed by atoms with Crippen molar-refractivity contribution in [3.63, 3.8) is 0 Å². The zero-order valence-electron chi connectivity index (χ0n) is 12.2. The summed E-state index contributed by atoms with van der Waals surface area (Å²) in [6.07, 6.45) is 2.23. The molecule has 2 aromatic rings. The van der Waals surface area contributed by atoms with Crippen LogP contribution < -0.4 is 5.32 Å². The van der Waals surface area contributed by atoms with Gasteiger partial charge < -0.3 is 19.6 Å². The van der Waals surface area contributed by atoms with Crippen molar-refractivity contribution in [3.05, 3.63) is 48.2 Å². The van der Waals surface area contributed by atoms with Gasteiger partial charge in [-0.25, -0.2) is 9.59 Å². The maximum Gasteiger partial charge on any atom is 0.408 e. The number of nitrogens with one attached hydrogen (secondary N) is 1. The van der Waals surface area contributed by atoms with Crippen LogP contribution in [0.1, 0.15) is 11.1 Å². The number of ether oxygens (including phenoxy) is 1. The molecule has 0 aliphatic rings. The van der Waals surface area contributed by atoms with Crippen LogP contribution in [0.25, 0.3) is 11.0 Å². The van der Waals surface area contributed by atoms with Crippen molar-refractivity contribution in [2.24, 2.45) is 0 Å². The molecule has 0 spiro atoms. The van der Waals surface area contributed by atoms with Gasteiger partial charge in [-0.15, -0.1) is 0 Å².